The summed E-state index contributed by atoms with van der Waals surface area (Å²) in [7, 11) is 0. The van der Waals surface area contributed by atoms with E-state index in [0.29, 0.717) is 13.2 Å². The van der Waals surface area contributed by atoms with Crippen molar-refractivity contribution in [3.8, 4) is 0 Å². The molecule has 4 nitrogen and oxygen atoms in total. The molecule has 19 heavy (non-hydrogen) atoms. The lowest BCUT2D eigenvalue weighted by Crippen LogP contribution is -2.41. The Morgan fingerprint density at radius 3 is 2.95 bits per heavy atom. The molecule has 2 N–H and O–H groups in total. The van der Waals surface area contributed by atoms with E-state index in [1.54, 1.807) is 0 Å². The second-order valence-corrected chi connectivity index (χ2v) is 4.85. The Labute approximate surface area is 114 Å². The normalized spacial score (nSPS) is 22.4. The van der Waals surface area contributed by atoms with Crippen molar-refractivity contribution < 1.29 is 9.53 Å². The van der Waals surface area contributed by atoms with Gasteiger partial charge >= 0.3 is 0 Å². The number of benzene rings is 1. The van der Waals surface area contributed by atoms with E-state index in [1.807, 2.05) is 25.1 Å². The third-order valence-corrected chi connectivity index (χ3v) is 3.49. The highest BCUT2D eigenvalue weighted by Crippen LogP contribution is 2.18. The van der Waals surface area contributed by atoms with Crippen LogP contribution >= 0.6 is 0 Å². The number of nitrogens with one attached hydrogen (secondary N) is 2. The van der Waals surface area contributed by atoms with Crippen LogP contribution < -0.4 is 10.6 Å². The number of carbonyl (C=O) groups is 1. The molecule has 0 spiro atoms. The van der Waals surface area contributed by atoms with Crippen molar-refractivity contribution in [2.45, 2.75) is 26.3 Å². The molecule has 2 unspecified atom stereocenters. The third-order valence-electron chi connectivity index (χ3n) is 3.49. The maximum absolute atomic E-state index is 12.3. The van der Waals surface area contributed by atoms with E-state index in [2.05, 4.69) is 23.6 Å². The van der Waals surface area contributed by atoms with Crippen molar-refractivity contribution in [1.29, 1.82) is 0 Å². The highest BCUT2D eigenvalue weighted by molar-refractivity contribution is 5.93. The Hall–Kier alpha value is -1.39. The number of amides is 1. The van der Waals surface area contributed by atoms with Gasteiger partial charge in [-0.3, -0.25) is 4.79 Å². The number of ether oxygens (including phenoxy) is 1. The SMILES string of the molecule is CCNC1COCC1C(=O)Nc1cccc(CC)c1. The summed E-state index contributed by atoms with van der Waals surface area (Å²) in [5.74, 6) is -0.0677. The number of carbonyl (C=O) groups excluding carboxylic acids is 1. The lowest BCUT2D eigenvalue weighted by Gasteiger charge is -2.18. The molecule has 4 heteroatoms. The Morgan fingerprint density at radius 1 is 1.37 bits per heavy atom. The molecule has 0 saturated carbocycles. The minimum Gasteiger partial charge on any atom is -0.379 e. The molecule has 2 rings (SSSR count). The van der Waals surface area contributed by atoms with Crippen LogP contribution in [0.25, 0.3) is 0 Å². The first-order valence-electron chi connectivity index (χ1n) is 6.95. The third kappa shape index (κ3) is 3.55. The van der Waals surface area contributed by atoms with Crippen LogP contribution in [0.5, 0.6) is 0 Å². The molecule has 0 bridgehead atoms. The molecule has 2 atom stereocenters. The van der Waals surface area contributed by atoms with Crippen molar-refractivity contribution in [3.05, 3.63) is 29.8 Å². The van der Waals surface area contributed by atoms with Gasteiger partial charge in [0.2, 0.25) is 5.91 Å². The summed E-state index contributed by atoms with van der Waals surface area (Å²) in [5.41, 5.74) is 2.09. The van der Waals surface area contributed by atoms with Crippen LogP contribution in [0.3, 0.4) is 0 Å². The van der Waals surface area contributed by atoms with E-state index in [-0.39, 0.29) is 17.9 Å². The molecule has 0 aromatic heterocycles. The molecule has 104 valence electrons. The molecule has 1 aromatic carbocycles. The Morgan fingerprint density at radius 2 is 2.21 bits per heavy atom. The first kappa shape index (κ1) is 14.0. The summed E-state index contributed by atoms with van der Waals surface area (Å²) in [5, 5.41) is 6.29. The predicted molar refractivity (Wildman–Crippen MR) is 76.2 cm³/mol. The van der Waals surface area contributed by atoms with Gasteiger partial charge in [0.15, 0.2) is 0 Å². The molecule has 1 heterocycles. The van der Waals surface area contributed by atoms with E-state index in [4.69, 9.17) is 4.74 Å². The number of aryl methyl sites for hydroxylation is 1. The number of hydrogen-bond donors (Lipinski definition) is 2. The summed E-state index contributed by atoms with van der Waals surface area (Å²) in [4.78, 5) is 12.3. The zero-order valence-corrected chi connectivity index (χ0v) is 11.6. The monoisotopic (exact) mass is 262 g/mol. The van der Waals surface area contributed by atoms with Crippen LogP contribution in [0.2, 0.25) is 0 Å². The molecule has 1 fully saturated rings. The molecule has 1 saturated heterocycles. The smallest absolute Gasteiger partial charge is 0.231 e. The van der Waals surface area contributed by atoms with Gasteiger partial charge in [0, 0.05) is 11.7 Å². The van der Waals surface area contributed by atoms with E-state index in [9.17, 15) is 4.79 Å². The van der Waals surface area contributed by atoms with Gasteiger partial charge < -0.3 is 15.4 Å². The average Bonchev–Trinajstić information content (AvgIpc) is 2.88. The molecular weight excluding hydrogens is 240 g/mol. The van der Waals surface area contributed by atoms with Crippen molar-refractivity contribution >= 4 is 11.6 Å². The van der Waals surface area contributed by atoms with Crippen LogP contribution in [0, 0.1) is 5.92 Å². The maximum Gasteiger partial charge on any atom is 0.231 e. The molecule has 1 aliphatic heterocycles. The van der Waals surface area contributed by atoms with Crippen LogP contribution in [0.1, 0.15) is 19.4 Å². The topological polar surface area (TPSA) is 50.4 Å². The molecule has 0 radical (unpaired) electrons. The van der Waals surface area contributed by atoms with Gasteiger partial charge in [0.25, 0.3) is 0 Å². The summed E-state index contributed by atoms with van der Waals surface area (Å²) in [6, 6.07) is 8.11. The molecule has 1 aromatic rings. The van der Waals surface area contributed by atoms with Gasteiger partial charge in [-0.2, -0.15) is 0 Å². The number of anilines is 1. The first-order valence-corrected chi connectivity index (χ1v) is 6.95. The van der Waals surface area contributed by atoms with Gasteiger partial charge in [-0.1, -0.05) is 26.0 Å². The fourth-order valence-electron chi connectivity index (χ4n) is 2.38. The van der Waals surface area contributed by atoms with E-state index in [1.165, 1.54) is 5.56 Å². The van der Waals surface area contributed by atoms with Gasteiger partial charge in [-0.05, 0) is 30.7 Å². The average molecular weight is 262 g/mol. The molecule has 0 aliphatic carbocycles. The van der Waals surface area contributed by atoms with Crippen molar-refractivity contribution in [2.75, 3.05) is 25.1 Å². The Bertz CT molecular complexity index is 434. The van der Waals surface area contributed by atoms with Crippen LogP contribution in [-0.2, 0) is 16.0 Å². The highest BCUT2D eigenvalue weighted by Gasteiger charge is 2.33. The van der Waals surface area contributed by atoms with Gasteiger partial charge in [0.05, 0.1) is 19.1 Å². The van der Waals surface area contributed by atoms with E-state index < -0.39 is 0 Å². The quantitative estimate of drug-likeness (QED) is 0.851. The highest BCUT2D eigenvalue weighted by atomic mass is 16.5. The van der Waals surface area contributed by atoms with E-state index >= 15 is 0 Å². The number of likely N-dealkylation sites (N-methyl/N-ethyl adjacent to an activating group) is 1. The zero-order chi connectivity index (χ0) is 13.7. The molecular formula is C15H22N2O2. The lowest BCUT2D eigenvalue weighted by molar-refractivity contribution is -0.120. The van der Waals surface area contributed by atoms with Crippen molar-refractivity contribution in [1.82, 2.24) is 5.32 Å². The van der Waals surface area contributed by atoms with Crippen molar-refractivity contribution in [2.24, 2.45) is 5.92 Å². The molecule has 1 amide bonds. The zero-order valence-electron chi connectivity index (χ0n) is 11.6. The second kappa shape index (κ2) is 6.68. The fourth-order valence-corrected chi connectivity index (χ4v) is 2.38. The first-order chi connectivity index (χ1) is 9.24. The van der Waals surface area contributed by atoms with Gasteiger partial charge in [-0.15, -0.1) is 0 Å². The summed E-state index contributed by atoms with van der Waals surface area (Å²) in [6.45, 7) is 6.10. The number of rotatable bonds is 5. The van der Waals surface area contributed by atoms with Gasteiger partial charge in [-0.25, -0.2) is 0 Å². The summed E-state index contributed by atoms with van der Waals surface area (Å²) >= 11 is 0. The largest absolute Gasteiger partial charge is 0.379 e. The number of hydrogen-bond acceptors (Lipinski definition) is 3. The van der Waals surface area contributed by atoms with Gasteiger partial charge in [0.1, 0.15) is 0 Å². The van der Waals surface area contributed by atoms with Crippen LogP contribution in [0.15, 0.2) is 24.3 Å². The minimum absolute atomic E-state index is 0.0386. The predicted octanol–water partition coefficient (Wildman–Crippen LogP) is 1.81. The Kier molecular flexibility index (Phi) is 4.93. The standard InChI is InChI=1S/C15H22N2O2/c1-3-11-6-5-7-12(8-11)17-15(18)13-9-19-10-14(13)16-4-2/h5-8,13-14,16H,3-4,9-10H2,1-2H3,(H,17,18). The lowest BCUT2D eigenvalue weighted by atomic mass is 10.0. The van der Waals surface area contributed by atoms with Crippen LogP contribution in [-0.4, -0.2) is 31.7 Å². The van der Waals surface area contributed by atoms with E-state index in [0.717, 1.165) is 18.7 Å². The van der Waals surface area contributed by atoms with Crippen LogP contribution in [0.4, 0.5) is 5.69 Å². The Balaban J connectivity index is 1.99. The van der Waals surface area contributed by atoms with Crippen molar-refractivity contribution in [3.63, 3.8) is 0 Å². The summed E-state index contributed by atoms with van der Waals surface area (Å²) in [6.07, 6.45) is 0.969. The minimum atomic E-state index is -0.106. The maximum atomic E-state index is 12.3. The summed E-state index contributed by atoms with van der Waals surface area (Å²) < 4.78 is 5.40. The molecule has 1 aliphatic rings. The second-order valence-electron chi connectivity index (χ2n) is 4.85. The fraction of sp³-hybridized carbons (Fsp3) is 0.533.